The zero-order valence-corrected chi connectivity index (χ0v) is 40.6. The van der Waals surface area contributed by atoms with Gasteiger partial charge in [0.1, 0.15) is 6.61 Å². The predicted octanol–water partition coefficient (Wildman–Crippen LogP) is 17.5. The van der Waals surface area contributed by atoms with Gasteiger partial charge >= 0.3 is 11.9 Å². The molecule has 0 amide bonds. The van der Waals surface area contributed by atoms with Crippen molar-refractivity contribution >= 4 is 11.9 Å². The molecule has 0 saturated carbocycles. The Bertz CT molecular complexity index is 1200. The quantitative estimate of drug-likeness (QED) is 0.0347. The number of hydrogen-bond donors (Lipinski definition) is 0. The second-order valence-electron chi connectivity index (χ2n) is 16.7. The molecular weight excluding hydrogens is 765 g/mol. The van der Waals surface area contributed by atoms with Crippen LogP contribution in [0.3, 0.4) is 0 Å². The molecule has 0 aliphatic heterocycles. The van der Waals surface area contributed by atoms with Gasteiger partial charge in [0.15, 0.2) is 6.10 Å². The zero-order valence-electron chi connectivity index (χ0n) is 40.6. The van der Waals surface area contributed by atoms with Gasteiger partial charge < -0.3 is 14.2 Å². The highest BCUT2D eigenvalue weighted by atomic mass is 16.6. The molecule has 0 aromatic heterocycles. The maximum atomic E-state index is 12.8. The van der Waals surface area contributed by atoms with E-state index in [2.05, 4.69) is 118 Å². The molecule has 0 aromatic rings. The van der Waals surface area contributed by atoms with Gasteiger partial charge in [-0.05, 0) is 109 Å². The molecule has 5 nitrogen and oxygen atoms in total. The van der Waals surface area contributed by atoms with Gasteiger partial charge in [0, 0.05) is 19.4 Å². The lowest BCUT2D eigenvalue weighted by atomic mass is 10.1. The van der Waals surface area contributed by atoms with E-state index in [9.17, 15) is 9.59 Å². The van der Waals surface area contributed by atoms with Crippen LogP contribution >= 0.6 is 0 Å². The topological polar surface area (TPSA) is 61.8 Å². The third kappa shape index (κ3) is 49.5. The summed E-state index contributed by atoms with van der Waals surface area (Å²) in [7, 11) is 0. The molecule has 0 aliphatic rings. The minimum Gasteiger partial charge on any atom is -0.462 e. The summed E-state index contributed by atoms with van der Waals surface area (Å²) in [6, 6.07) is 0. The lowest BCUT2D eigenvalue weighted by Gasteiger charge is -2.18. The molecule has 0 aliphatic carbocycles. The minimum absolute atomic E-state index is 0.0461. The third-order valence-corrected chi connectivity index (χ3v) is 10.6. The van der Waals surface area contributed by atoms with Crippen molar-refractivity contribution in [2.45, 2.75) is 232 Å². The minimum atomic E-state index is -0.585. The molecule has 0 saturated heterocycles. The Labute approximate surface area is 383 Å². The SMILES string of the molecule is CC/C=C\C/C=C\C/C=C\C/C=C\CCCOCC(COC(=O)CCCCCCCCCCC/C=C\CCCCCCCC)OC(=O)CCCCC/C=C\C/C=C\C/C=C\CC. The second-order valence-corrected chi connectivity index (χ2v) is 16.7. The molecule has 0 radical (unpaired) electrons. The lowest BCUT2D eigenvalue weighted by Crippen LogP contribution is -2.30. The Balaban J connectivity index is 4.34. The van der Waals surface area contributed by atoms with Crippen LogP contribution in [0.1, 0.15) is 226 Å². The number of allylic oxidation sites excluding steroid dienone is 16. The second kappa shape index (κ2) is 52.2. The van der Waals surface area contributed by atoms with Crippen molar-refractivity contribution in [1.82, 2.24) is 0 Å². The largest absolute Gasteiger partial charge is 0.462 e. The van der Waals surface area contributed by atoms with Crippen molar-refractivity contribution in [3.8, 4) is 0 Å². The highest BCUT2D eigenvalue weighted by Gasteiger charge is 2.17. The van der Waals surface area contributed by atoms with Crippen molar-refractivity contribution in [1.29, 1.82) is 0 Å². The van der Waals surface area contributed by atoms with Gasteiger partial charge in [-0.25, -0.2) is 0 Å². The van der Waals surface area contributed by atoms with Crippen molar-refractivity contribution in [3.63, 3.8) is 0 Å². The van der Waals surface area contributed by atoms with Crippen LogP contribution in [0.2, 0.25) is 0 Å². The Morgan fingerprint density at radius 3 is 1.19 bits per heavy atom. The molecule has 0 bridgehead atoms. The number of rotatable bonds is 46. The summed E-state index contributed by atoms with van der Waals surface area (Å²) in [5, 5.41) is 0. The fraction of sp³-hybridized carbons (Fsp3) is 0.684. The summed E-state index contributed by atoms with van der Waals surface area (Å²) in [6.07, 6.45) is 70.0. The third-order valence-electron chi connectivity index (χ3n) is 10.6. The molecule has 0 rings (SSSR count). The van der Waals surface area contributed by atoms with E-state index >= 15 is 0 Å². The molecule has 0 N–H and O–H groups in total. The zero-order chi connectivity index (χ0) is 44.9. The van der Waals surface area contributed by atoms with Gasteiger partial charge in [-0.15, -0.1) is 0 Å². The van der Waals surface area contributed by atoms with Crippen LogP contribution in [-0.4, -0.2) is 37.9 Å². The van der Waals surface area contributed by atoms with Gasteiger partial charge in [0.05, 0.1) is 6.61 Å². The summed E-state index contributed by atoms with van der Waals surface area (Å²) >= 11 is 0. The first-order valence-corrected chi connectivity index (χ1v) is 25.8. The van der Waals surface area contributed by atoms with Crippen LogP contribution in [0.15, 0.2) is 97.2 Å². The standard InChI is InChI=1S/C57H96O5/c1-4-7-10-13-16-19-22-25-27-28-29-30-31-33-35-38-41-44-47-50-56(58)61-54-55(53-60-52-49-46-43-40-37-34-26-23-20-17-14-11-8-5-2)62-57(59)51-48-45-42-39-36-32-24-21-18-15-12-9-6-3/h8-9,11-12,17-18,20-21,25-27,32,34,36,40,43,55H,4-7,10,13-16,19,22-24,28-31,33,35,37-39,41-42,44-54H2,1-3H3/b11-8-,12-9-,20-17-,21-18-,27-25-,34-26-,36-32-,43-40-. The first-order chi connectivity index (χ1) is 30.6. The highest BCUT2D eigenvalue weighted by molar-refractivity contribution is 5.70. The van der Waals surface area contributed by atoms with E-state index in [1.54, 1.807) is 0 Å². The predicted molar refractivity (Wildman–Crippen MR) is 270 cm³/mol. The van der Waals surface area contributed by atoms with Crippen LogP contribution in [0.25, 0.3) is 0 Å². The van der Waals surface area contributed by atoms with Crippen LogP contribution in [-0.2, 0) is 23.8 Å². The average molecular weight is 861 g/mol. The molecular formula is C57H96O5. The van der Waals surface area contributed by atoms with Gasteiger partial charge in [0.25, 0.3) is 0 Å². The molecule has 1 atom stereocenters. The molecule has 0 heterocycles. The number of carbonyl (C=O) groups excluding carboxylic acids is 2. The summed E-state index contributed by atoms with van der Waals surface area (Å²) in [5.74, 6) is -0.466. The summed E-state index contributed by atoms with van der Waals surface area (Å²) in [6.45, 7) is 7.42. The molecule has 0 fully saturated rings. The van der Waals surface area contributed by atoms with Gasteiger partial charge in [0.2, 0.25) is 0 Å². The lowest BCUT2D eigenvalue weighted by molar-refractivity contribution is -0.163. The average Bonchev–Trinajstić information content (AvgIpc) is 3.27. The Morgan fingerprint density at radius 1 is 0.371 bits per heavy atom. The summed E-state index contributed by atoms with van der Waals surface area (Å²) in [5.41, 5.74) is 0. The smallest absolute Gasteiger partial charge is 0.306 e. The van der Waals surface area contributed by atoms with Gasteiger partial charge in [-0.3, -0.25) is 9.59 Å². The van der Waals surface area contributed by atoms with Crippen molar-refractivity contribution in [2.75, 3.05) is 19.8 Å². The van der Waals surface area contributed by atoms with Crippen LogP contribution < -0.4 is 0 Å². The fourth-order valence-corrected chi connectivity index (χ4v) is 6.82. The van der Waals surface area contributed by atoms with Crippen LogP contribution in [0, 0.1) is 0 Å². The van der Waals surface area contributed by atoms with E-state index in [1.807, 2.05) is 0 Å². The molecule has 5 heteroatoms. The van der Waals surface area contributed by atoms with Gasteiger partial charge in [-0.2, -0.15) is 0 Å². The van der Waals surface area contributed by atoms with E-state index in [4.69, 9.17) is 14.2 Å². The van der Waals surface area contributed by atoms with Crippen LogP contribution in [0.5, 0.6) is 0 Å². The molecule has 354 valence electrons. The number of esters is 2. The van der Waals surface area contributed by atoms with Gasteiger partial charge in [-0.1, -0.05) is 201 Å². The molecule has 62 heavy (non-hydrogen) atoms. The van der Waals surface area contributed by atoms with E-state index in [0.29, 0.717) is 19.4 Å². The molecule has 1 unspecified atom stereocenters. The summed E-state index contributed by atoms with van der Waals surface area (Å²) in [4.78, 5) is 25.4. The van der Waals surface area contributed by atoms with Crippen molar-refractivity contribution in [3.05, 3.63) is 97.2 Å². The van der Waals surface area contributed by atoms with E-state index in [0.717, 1.165) is 103 Å². The molecule has 0 spiro atoms. The van der Waals surface area contributed by atoms with E-state index in [-0.39, 0.29) is 25.2 Å². The monoisotopic (exact) mass is 861 g/mol. The number of carbonyl (C=O) groups is 2. The summed E-state index contributed by atoms with van der Waals surface area (Å²) < 4.78 is 17.3. The molecule has 0 aromatic carbocycles. The van der Waals surface area contributed by atoms with E-state index in [1.165, 1.54) is 89.9 Å². The Kier molecular flexibility index (Phi) is 49.5. The van der Waals surface area contributed by atoms with Crippen LogP contribution in [0.4, 0.5) is 0 Å². The number of ether oxygens (including phenoxy) is 3. The maximum absolute atomic E-state index is 12.8. The Hall–Kier alpha value is -3.18. The first-order valence-electron chi connectivity index (χ1n) is 25.8. The number of unbranched alkanes of at least 4 members (excludes halogenated alkanes) is 19. The normalized spacial score (nSPS) is 13.0. The Morgan fingerprint density at radius 2 is 0.726 bits per heavy atom. The maximum Gasteiger partial charge on any atom is 0.306 e. The highest BCUT2D eigenvalue weighted by Crippen LogP contribution is 2.14. The van der Waals surface area contributed by atoms with Crippen molar-refractivity contribution < 1.29 is 23.8 Å². The fourth-order valence-electron chi connectivity index (χ4n) is 6.82. The first kappa shape index (κ1) is 58.8. The van der Waals surface area contributed by atoms with E-state index < -0.39 is 6.10 Å². The van der Waals surface area contributed by atoms with Crippen molar-refractivity contribution in [2.24, 2.45) is 0 Å². The number of hydrogen-bond acceptors (Lipinski definition) is 5.